The van der Waals surface area contributed by atoms with Crippen LogP contribution in [0.4, 0.5) is 0 Å². The SMILES string of the molecule is CCC/C(=C/[C@@H]1CCCCC1=NC(C)(C)C(C)C)NSC. The molecule has 0 aliphatic heterocycles. The van der Waals surface area contributed by atoms with Crippen LogP contribution in [0.3, 0.4) is 0 Å². The first kappa shape index (κ1) is 18.6. The van der Waals surface area contributed by atoms with Crippen molar-refractivity contribution in [1.82, 2.24) is 4.72 Å². The molecule has 1 rings (SSSR count). The molecule has 0 aromatic heterocycles. The van der Waals surface area contributed by atoms with E-state index in [9.17, 15) is 0 Å². The third-order valence-corrected chi connectivity index (χ3v) is 5.09. The number of nitrogens with zero attached hydrogens (tertiary/aromatic N) is 1. The molecule has 0 bridgehead atoms. The van der Waals surface area contributed by atoms with E-state index in [0.29, 0.717) is 11.8 Å². The lowest BCUT2D eigenvalue weighted by atomic mass is 9.84. The lowest BCUT2D eigenvalue weighted by Crippen LogP contribution is -2.29. The maximum Gasteiger partial charge on any atom is 0.0574 e. The summed E-state index contributed by atoms with van der Waals surface area (Å²) in [4.78, 5) is 5.16. The van der Waals surface area contributed by atoms with Gasteiger partial charge in [0.15, 0.2) is 0 Å². The maximum absolute atomic E-state index is 5.16. The number of rotatable bonds is 7. The van der Waals surface area contributed by atoms with Gasteiger partial charge in [-0.05, 0) is 45.4 Å². The maximum atomic E-state index is 5.16. The number of nitrogens with one attached hydrogen (secondary N) is 1. The second-order valence-corrected chi connectivity index (χ2v) is 7.62. The monoisotopic (exact) mass is 310 g/mol. The van der Waals surface area contributed by atoms with Gasteiger partial charge >= 0.3 is 0 Å². The Morgan fingerprint density at radius 1 is 1.43 bits per heavy atom. The van der Waals surface area contributed by atoms with Crippen molar-refractivity contribution in [1.29, 1.82) is 0 Å². The Labute approximate surface area is 136 Å². The van der Waals surface area contributed by atoms with Gasteiger partial charge in [0, 0.05) is 23.6 Å². The largest absolute Gasteiger partial charge is 0.334 e. The lowest BCUT2D eigenvalue weighted by Gasteiger charge is -2.30. The predicted molar refractivity (Wildman–Crippen MR) is 98.0 cm³/mol. The summed E-state index contributed by atoms with van der Waals surface area (Å²) >= 11 is 1.70. The molecule has 0 spiro atoms. The van der Waals surface area contributed by atoms with Crippen LogP contribution in [0.1, 0.15) is 73.1 Å². The summed E-state index contributed by atoms with van der Waals surface area (Å²) in [7, 11) is 0. The zero-order valence-corrected chi connectivity index (χ0v) is 15.6. The van der Waals surface area contributed by atoms with Crippen molar-refractivity contribution < 1.29 is 0 Å². The Balaban J connectivity index is 2.95. The third kappa shape index (κ3) is 6.06. The quantitative estimate of drug-likeness (QED) is 0.619. The van der Waals surface area contributed by atoms with Crippen LogP contribution in [0.2, 0.25) is 0 Å². The first-order chi connectivity index (χ1) is 9.90. The molecule has 0 saturated heterocycles. The number of hydrogen-bond acceptors (Lipinski definition) is 3. The molecule has 1 atom stereocenters. The van der Waals surface area contributed by atoms with E-state index >= 15 is 0 Å². The molecule has 0 aromatic carbocycles. The van der Waals surface area contributed by atoms with Crippen molar-refractivity contribution in [3.8, 4) is 0 Å². The highest BCUT2D eigenvalue weighted by Crippen LogP contribution is 2.29. The van der Waals surface area contributed by atoms with Gasteiger partial charge in [-0.1, -0.05) is 51.6 Å². The van der Waals surface area contributed by atoms with Crippen LogP contribution in [0.25, 0.3) is 0 Å². The molecule has 0 amide bonds. The van der Waals surface area contributed by atoms with Crippen LogP contribution in [-0.2, 0) is 0 Å². The fourth-order valence-corrected chi connectivity index (χ4v) is 3.08. The Hall–Kier alpha value is -0.440. The van der Waals surface area contributed by atoms with Crippen LogP contribution < -0.4 is 4.72 Å². The van der Waals surface area contributed by atoms with Crippen molar-refractivity contribution in [2.75, 3.05) is 6.26 Å². The first-order valence-corrected chi connectivity index (χ1v) is 9.71. The van der Waals surface area contributed by atoms with Crippen LogP contribution in [0, 0.1) is 11.8 Å². The van der Waals surface area contributed by atoms with Gasteiger partial charge in [0.25, 0.3) is 0 Å². The summed E-state index contributed by atoms with van der Waals surface area (Å²) in [6.45, 7) is 11.3. The molecule has 1 aliphatic rings. The van der Waals surface area contributed by atoms with Crippen LogP contribution in [0.5, 0.6) is 0 Å². The van der Waals surface area contributed by atoms with Gasteiger partial charge in [-0.15, -0.1) is 0 Å². The molecule has 122 valence electrons. The van der Waals surface area contributed by atoms with Gasteiger partial charge in [-0.25, -0.2) is 0 Å². The summed E-state index contributed by atoms with van der Waals surface area (Å²) in [5.41, 5.74) is 2.86. The van der Waals surface area contributed by atoms with E-state index in [4.69, 9.17) is 4.99 Å². The van der Waals surface area contributed by atoms with Gasteiger partial charge in [0.05, 0.1) is 5.54 Å². The van der Waals surface area contributed by atoms with Crippen molar-refractivity contribution in [3.05, 3.63) is 11.8 Å². The molecule has 3 heteroatoms. The minimum atomic E-state index is 0.0522. The molecule has 0 unspecified atom stereocenters. The van der Waals surface area contributed by atoms with Crippen molar-refractivity contribution >= 4 is 17.7 Å². The second-order valence-electron chi connectivity index (χ2n) is 7.01. The molecule has 21 heavy (non-hydrogen) atoms. The van der Waals surface area contributed by atoms with E-state index in [2.05, 4.69) is 51.7 Å². The highest BCUT2D eigenvalue weighted by atomic mass is 32.2. The minimum absolute atomic E-state index is 0.0522. The highest BCUT2D eigenvalue weighted by molar-refractivity contribution is 7.96. The number of aliphatic imine (C=N–C) groups is 1. The van der Waals surface area contributed by atoms with Gasteiger partial charge in [-0.3, -0.25) is 4.99 Å². The molecule has 0 radical (unpaired) electrons. The molecule has 1 saturated carbocycles. The average Bonchev–Trinajstić information content (AvgIpc) is 2.41. The zero-order valence-electron chi connectivity index (χ0n) is 14.8. The van der Waals surface area contributed by atoms with Crippen LogP contribution in [0.15, 0.2) is 16.8 Å². The number of hydrogen-bond donors (Lipinski definition) is 1. The average molecular weight is 311 g/mol. The summed E-state index contributed by atoms with van der Waals surface area (Å²) in [5.74, 6) is 1.12. The number of allylic oxidation sites excluding steroid dienone is 2. The van der Waals surface area contributed by atoms with Crippen LogP contribution in [-0.4, -0.2) is 17.5 Å². The smallest absolute Gasteiger partial charge is 0.0574 e. The normalized spacial score (nSPS) is 22.9. The van der Waals surface area contributed by atoms with E-state index in [1.807, 2.05) is 0 Å². The summed E-state index contributed by atoms with van der Waals surface area (Å²) in [6, 6.07) is 0. The summed E-state index contributed by atoms with van der Waals surface area (Å²) in [5, 5.41) is 0. The molecule has 1 fully saturated rings. The van der Waals surface area contributed by atoms with E-state index in [1.54, 1.807) is 11.9 Å². The van der Waals surface area contributed by atoms with Crippen molar-refractivity contribution in [2.24, 2.45) is 16.8 Å². The topological polar surface area (TPSA) is 24.4 Å². The first-order valence-electron chi connectivity index (χ1n) is 8.49. The molecular weight excluding hydrogens is 276 g/mol. The molecule has 1 aliphatic carbocycles. The third-order valence-electron chi connectivity index (χ3n) is 4.63. The summed E-state index contributed by atoms with van der Waals surface area (Å²) < 4.78 is 3.46. The van der Waals surface area contributed by atoms with Gasteiger partial charge in [-0.2, -0.15) is 0 Å². The lowest BCUT2D eigenvalue weighted by molar-refractivity contribution is 0.372. The van der Waals surface area contributed by atoms with E-state index in [1.165, 1.54) is 43.5 Å². The van der Waals surface area contributed by atoms with Gasteiger partial charge < -0.3 is 4.72 Å². The molecule has 2 nitrogen and oxygen atoms in total. The fourth-order valence-electron chi connectivity index (χ4n) is 2.65. The van der Waals surface area contributed by atoms with E-state index in [0.717, 1.165) is 6.42 Å². The van der Waals surface area contributed by atoms with Gasteiger partial charge in [0.2, 0.25) is 0 Å². The second kappa shape index (κ2) is 8.87. The van der Waals surface area contributed by atoms with E-state index in [-0.39, 0.29) is 5.54 Å². The molecule has 0 aromatic rings. The van der Waals surface area contributed by atoms with Crippen LogP contribution >= 0.6 is 11.9 Å². The molecule has 1 N–H and O–H groups in total. The van der Waals surface area contributed by atoms with Crippen molar-refractivity contribution in [3.63, 3.8) is 0 Å². The predicted octanol–water partition coefficient (Wildman–Crippen LogP) is 5.60. The zero-order chi connectivity index (χ0) is 15.9. The highest BCUT2D eigenvalue weighted by Gasteiger charge is 2.26. The van der Waals surface area contributed by atoms with E-state index < -0.39 is 0 Å². The Morgan fingerprint density at radius 2 is 2.14 bits per heavy atom. The summed E-state index contributed by atoms with van der Waals surface area (Å²) in [6.07, 6.45) is 12.0. The fraction of sp³-hybridized carbons (Fsp3) is 0.833. The Bertz CT molecular complexity index is 361. The Morgan fingerprint density at radius 3 is 2.71 bits per heavy atom. The Kier molecular flexibility index (Phi) is 7.86. The molecular formula is C18H34N2S. The minimum Gasteiger partial charge on any atom is -0.334 e. The van der Waals surface area contributed by atoms with Gasteiger partial charge in [0.1, 0.15) is 0 Å². The standard InChI is InChI=1S/C18H34N2S/c1-7-10-16(20-21-6)13-15-11-8-9-12-17(15)19-18(4,5)14(2)3/h13-15,20H,7-12H2,1-6H3/b16-13-,19-17?/t15-/m0/s1. The molecule has 0 heterocycles. The van der Waals surface area contributed by atoms with Crippen molar-refractivity contribution in [2.45, 2.75) is 78.7 Å².